The van der Waals surface area contributed by atoms with Crippen LogP contribution >= 0.6 is 0 Å². The number of benzene rings is 2. The van der Waals surface area contributed by atoms with E-state index < -0.39 is 18.2 Å². The highest BCUT2D eigenvalue weighted by Crippen LogP contribution is 2.39. The van der Waals surface area contributed by atoms with Crippen LogP contribution in [0.5, 0.6) is 17.2 Å². The topological polar surface area (TPSA) is 76.0 Å². The molecule has 1 aliphatic rings. The second-order valence-corrected chi connectivity index (χ2v) is 4.45. The van der Waals surface area contributed by atoms with Crippen LogP contribution < -0.4 is 9.47 Å². The molecule has 5 nitrogen and oxygen atoms in total. The van der Waals surface area contributed by atoms with Gasteiger partial charge in [0.1, 0.15) is 5.75 Å². The average Bonchev–Trinajstić information content (AvgIpc) is 2.46. The van der Waals surface area contributed by atoms with E-state index in [1.807, 2.05) is 0 Å². The Labute approximate surface area is 115 Å². The van der Waals surface area contributed by atoms with Crippen molar-refractivity contribution in [1.82, 2.24) is 0 Å². The van der Waals surface area contributed by atoms with Crippen molar-refractivity contribution < 1.29 is 24.5 Å². The highest BCUT2D eigenvalue weighted by Gasteiger charge is 2.38. The highest BCUT2D eigenvalue weighted by molar-refractivity contribution is 5.75. The van der Waals surface area contributed by atoms with Crippen LogP contribution in [-0.2, 0) is 4.79 Å². The molecule has 0 radical (unpaired) electrons. The summed E-state index contributed by atoms with van der Waals surface area (Å²) >= 11 is 0. The Morgan fingerprint density at radius 1 is 0.950 bits per heavy atom. The van der Waals surface area contributed by atoms with E-state index in [9.17, 15) is 15.0 Å². The quantitative estimate of drug-likeness (QED) is 0.877. The van der Waals surface area contributed by atoms with Crippen molar-refractivity contribution in [2.24, 2.45) is 0 Å². The summed E-state index contributed by atoms with van der Waals surface area (Å²) in [4.78, 5) is 11.4. The van der Waals surface area contributed by atoms with E-state index in [2.05, 4.69) is 0 Å². The summed E-state index contributed by atoms with van der Waals surface area (Å²) in [7, 11) is 0. The van der Waals surface area contributed by atoms with E-state index in [-0.39, 0.29) is 5.75 Å². The number of carboxylic acids is 1. The summed E-state index contributed by atoms with van der Waals surface area (Å²) in [5.74, 6) is -0.0756. The maximum absolute atomic E-state index is 11.4. The third-order valence-corrected chi connectivity index (χ3v) is 3.10. The molecular formula is C15H12O5. The van der Waals surface area contributed by atoms with Crippen LogP contribution in [0.1, 0.15) is 11.7 Å². The summed E-state index contributed by atoms with van der Waals surface area (Å²) in [5, 5.41) is 18.6. The third kappa shape index (κ3) is 2.14. The van der Waals surface area contributed by atoms with E-state index in [0.717, 1.165) is 0 Å². The number of hydrogen-bond donors (Lipinski definition) is 2. The molecule has 0 aromatic heterocycles. The van der Waals surface area contributed by atoms with Gasteiger partial charge in [0.15, 0.2) is 17.6 Å². The maximum atomic E-state index is 11.4. The molecule has 0 spiro atoms. The molecule has 0 bridgehead atoms. The summed E-state index contributed by atoms with van der Waals surface area (Å²) < 4.78 is 11.2. The largest absolute Gasteiger partial charge is 0.508 e. The van der Waals surface area contributed by atoms with E-state index in [1.165, 1.54) is 12.1 Å². The normalized spacial score (nSPS) is 20.4. The smallest absolute Gasteiger partial charge is 0.349 e. The number of aliphatic carboxylic acids is 1. The molecule has 0 saturated heterocycles. The Bertz CT molecular complexity index is 635. The van der Waals surface area contributed by atoms with Crippen LogP contribution in [0.4, 0.5) is 0 Å². The molecular weight excluding hydrogens is 260 g/mol. The first-order valence-corrected chi connectivity index (χ1v) is 6.09. The minimum Gasteiger partial charge on any atom is -0.508 e. The Balaban J connectivity index is 2.00. The van der Waals surface area contributed by atoms with Gasteiger partial charge in [0.25, 0.3) is 0 Å². The molecule has 1 aliphatic heterocycles. The predicted octanol–water partition coefficient (Wildman–Crippen LogP) is 2.36. The standard InChI is InChI=1S/C15H12O5/c16-10-7-5-9(6-8-10)13-14(15(17)18)20-12-4-2-1-3-11(12)19-13/h1-8,13-14,16H,(H,17,18)/t13-,14+/m1/s1. The molecule has 3 rings (SSSR count). The first-order chi connectivity index (χ1) is 9.65. The molecule has 1 heterocycles. The van der Waals surface area contributed by atoms with Crippen LogP contribution in [-0.4, -0.2) is 22.3 Å². The van der Waals surface area contributed by atoms with Crippen LogP contribution in [0, 0.1) is 0 Å². The maximum Gasteiger partial charge on any atom is 0.349 e. The SMILES string of the molecule is O=C(O)[C@H]1Oc2ccccc2O[C@@H]1c1ccc(O)cc1. The van der Waals surface area contributed by atoms with Crippen LogP contribution in [0.15, 0.2) is 48.5 Å². The van der Waals surface area contributed by atoms with Crippen molar-refractivity contribution in [3.8, 4) is 17.2 Å². The predicted molar refractivity (Wildman–Crippen MR) is 70.0 cm³/mol. The molecule has 0 amide bonds. The lowest BCUT2D eigenvalue weighted by atomic mass is 10.0. The lowest BCUT2D eigenvalue weighted by molar-refractivity contribution is -0.151. The van der Waals surface area contributed by atoms with Crippen LogP contribution in [0.2, 0.25) is 0 Å². The van der Waals surface area contributed by atoms with Gasteiger partial charge in [0, 0.05) is 0 Å². The number of para-hydroxylation sites is 2. The molecule has 0 aliphatic carbocycles. The second kappa shape index (κ2) is 4.77. The van der Waals surface area contributed by atoms with Gasteiger partial charge in [-0.15, -0.1) is 0 Å². The van der Waals surface area contributed by atoms with Gasteiger partial charge < -0.3 is 19.7 Å². The zero-order chi connectivity index (χ0) is 14.1. The second-order valence-electron chi connectivity index (χ2n) is 4.45. The van der Waals surface area contributed by atoms with Crippen molar-refractivity contribution >= 4 is 5.97 Å². The van der Waals surface area contributed by atoms with Gasteiger partial charge in [0.2, 0.25) is 6.10 Å². The van der Waals surface area contributed by atoms with Gasteiger partial charge in [-0.05, 0) is 29.8 Å². The third-order valence-electron chi connectivity index (χ3n) is 3.10. The van der Waals surface area contributed by atoms with E-state index in [0.29, 0.717) is 17.1 Å². The Morgan fingerprint density at radius 3 is 2.15 bits per heavy atom. The van der Waals surface area contributed by atoms with Crippen molar-refractivity contribution in [2.45, 2.75) is 12.2 Å². The minimum atomic E-state index is -1.13. The lowest BCUT2D eigenvalue weighted by Crippen LogP contribution is -2.39. The van der Waals surface area contributed by atoms with Crippen molar-refractivity contribution in [3.05, 3.63) is 54.1 Å². The molecule has 0 saturated carbocycles. The highest BCUT2D eigenvalue weighted by atomic mass is 16.6. The number of rotatable bonds is 2. The molecule has 2 aromatic carbocycles. The number of carboxylic acid groups (broad SMARTS) is 1. The van der Waals surface area contributed by atoms with E-state index >= 15 is 0 Å². The first kappa shape index (κ1) is 12.3. The number of carbonyl (C=O) groups is 1. The number of aromatic hydroxyl groups is 1. The Morgan fingerprint density at radius 2 is 1.55 bits per heavy atom. The van der Waals surface area contributed by atoms with Gasteiger partial charge in [-0.1, -0.05) is 24.3 Å². The van der Waals surface area contributed by atoms with Gasteiger partial charge in [0.05, 0.1) is 0 Å². The van der Waals surface area contributed by atoms with Gasteiger partial charge in [-0.3, -0.25) is 0 Å². The lowest BCUT2D eigenvalue weighted by Gasteiger charge is -2.31. The minimum absolute atomic E-state index is 0.109. The molecule has 0 unspecified atom stereocenters. The number of fused-ring (bicyclic) bond motifs is 1. The molecule has 5 heteroatoms. The van der Waals surface area contributed by atoms with E-state index in [1.54, 1.807) is 36.4 Å². The molecule has 2 aromatic rings. The average molecular weight is 272 g/mol. The number of ether oxygens (including phenoxy) is 2. The van der Waals surface area contributed by atoms with Crippen molar-refractivity contribution in [3.63, 3.8) is 0 Å². The zero-order valence-electron chi connectivity index (χ0n) is 10.4. The molecule has 20 heavy (non-hydrogen) atoms. The number of hydrogen-bond acceptors (Lipinski definition) is 4. The molecule has 2 atom stereocenters. The van der Waals surface area contributed by atoms with Gasteiger partial charge in [-0.25, -0.2) is 4.79 Å². The van der Waals surface area contributed by atoms with Crippen molar-refractivity contribution in [2.75, 3.05) is 0 Å². The zero-order valence-corrected chi connectivity index (χ0v) is 10.4. The fraction of sp³-hybridized carbons (Fsp3) is 0.133. The molecule has 102 valence electrons. The first-order valence-electron chi connectivity index (χ1n) is 6.09. The number of phenols is 1. The van der Waals surface area contributed by atoms with E-state index in [4.69, 9.17) is 9.47 Å². The fourth-order valence-electron chi connectivity index (χ4n) is 2.13. The van der Waals surface area contributed by atoms with Crippen LogP contribution in [0.25, 0.3) is 0 Å². The monoisotopic (exact) mass is 272 g/mol. The Kier molecular flexibility index (Phi) is 2.95. The van der Waals surface area contributed by atoms with Crippen LogP contribution in [0.3, 0.4) is 0 Å². The molecule has 0 fully saturated rings. The van der Waals surface area contributed by atoms with Gasteiger partial charge >= 0.3 is 5.97 Å². The summed E-state index contributed by atoms with van der Waals surface area (Å²) in [5.41, 5.74) is 0.629. The summed E-state index contributed by atoms with van der Waals surface area (Å²) in [6.07, 6.45) is -1.89. The summed E-state index contributed by atoms with van der Waals surface area (Å²) in [6.45, 7) is 0. The Hall–Kier alpha value is -2.69. The number of phenolic OH excluding ortho intramolecular Hbond substituents is 1. The molecule has 2 N–H and O–H groups in total. The summed E-state index contributed by atoms with van der Waals surface area (Å²) in [6, 6.07) is 13.1. The van der Waals surface area contributed by atoms with Gasteiger partial charge in [-0.2, -0.15) is 0 Å². The van der Waals surface area contributed by atoms with Crippen molar-refractivity contribution in [1.29, 1.82) is 0 Å². The fourth-order valence-corrected chi connectivity index (χ4v) is 2.13.